The van der Waals surface area contributed by atoms with Gasteiger partial charge >= 0.3 is 0 Å². The van der Waals surface area contributed by atoms with Crippen LogP contribution in [0.2, 0.25) is 0 Å². The summed E-state index contributed by atoms with van der Waals surface area (Å²) in [4.78, 5) is 0. The Labute approximate surface area is 72.5 Å². The zero-order valence-electron chi connectivity index (χ0n) is 7.42. The number of benzene rings is 1. The highest BCUT2D eigenvalue weighted by Crippen LogP contribution is 2.30. The first-order valence-electron chi connectivity index (χ1n) is 3.98. The Morgan fingerprint density at radius 2 is 2.25 bits per heavy atom. The van der Waals surface area contributed by atoms with Crippen LogP contribution in [0.15, 0.2) is 18.2 Å². The number of anilines is 2. The Morgan fingerprint density at radius 1 is 1.50 bits per heavy atom. The van der Waals surface area contributed by atoms with Crippen molar-refractivity contribution in [3.8, 4) is 5.75 Å². The molecule has 3 N–H and O–H groups in total. The van der Waals surface area contributed by atoms with Gasteiger partial charge in [0.2, 0.25) is 0 Å². The van der Waals surface area contributed by atoms with E-state index in [4.69, 9.17) is 10.5 Å². The summed E-state index contributed by atoms with van der Waals surface area (Å²) in [6.07, 6.45) is 0. The van der Waals surface area contributed by atoms with E-state index in [1.807, 2.05) is 32.2 Å². The van der Waals surface area contributed by atoms with E-state index in [1.54, 1.807) is 0 Å². The van der Waals surface area contributed by atoms with E-state index in [9.17, 15) is 0 Å². The van der Waals surface area contributed by atoms with E-state index < -0.39 is 0 Å². The minimum Gasteiger partial charge on any atom is -0.490 e. The maximum absolute atomic E-state index is 5.72. The van der Waals surface area contributed by atoms with Gasteiger partial charge in [-0.15, -0.1) is 0 Å². The molecule has 3 heteroatoms. The molecule has 0 amide bonds. The lowest BCUT2D eigenvalue weighted by Crippen LogP contribution is -2.00. The molecule has 0 bridgehead atoms. The monoisotopic (exact) mass is 166 g/mol. The largest absolute Gasteiger partial charge is 0.490 e. The molecule has 0 aromatic heterocycles. The van der Waals surface area contributed by atoms with Gasteiger partial charge in [-0.1, -0.05) is 6.07 Å². The Balaban J connectivity index is 3.02. The van der Waals surface area contributed by atoms with Crippen molar-refractivity contribution < 1.29 is 4.74 Å². The van der Waals surface area contributed by atoms with E-state index in [1.165, 1.54) is 0 Å². The molecule has 12 heavy (non-hydrogen) atoms. The van der Waals surface area contributed by atoms with Crippen LogP contribution in [0.5, 0.6) is 5.75 Å². The summed E-state index contributed by atoms with van der Waals surface area (Å²) in [5, 5.41) is 3.02. The molecule has 0 fully saturated rings. The lowest BCUT2D eigenvalue weighted by Gasteiger charge is -2.11. The second kappa shape index (κ2) is 3.85. The van der Waals surface area contributed by atoms with E-state index in [0.29, 0.717) is 12.3 Å². The van der Waals surface area contributed by atoms with Crippen molar-refractivity contribution in [2.24, 2.45) is 0 Å². The van der Waals surface area contributed by atoms with Crippen molar-refractivity contribution in [1.82, 2.24) is 0 Å². The fourth-order valence-corrected chi connectivity index (χ4v) is 1.06. The van der Waals surface area contributed by atoms with Gasteiger partial charge in [-0.3, -0.25) is 0 Å². The third kappa shape index (κ3) is 1.61. The Hall–Kier alpha value is -1.38. The third-order valence-corrected chi connectivity index (χ3v) is 1.60. The van der Waals surface area contributed by atoms with Crippen LogP contribution in [0.1, 0.15) is 6.92 Å². The average Bonchev–Trinajstić information content (AvgIpc) is 2.09. The highest BCUT2D eigenvalue weighted by atomic mass is 16.5. The highest BCUT2D eigenvalue weighted by molar-refractivity contribution is 5.68. The molecule has 3 nitrogen and oxygen atoms in total. The molecule has 1 aromatic rings. The van der Waals surface area contributed by atoms with Crippen LogP contribution in [0.3, 0.4) is 0 Å². The first-order valence-corrected chi connectivity index (χ1v) is 3.98. The van der Waals surface area contributed by atoms with Gasteiger partial charge in [0.05, 0.1) is 18.0 Å². The van der Waals surface area contributed by atoms with Gasteiger partial charge in [-0.25, -0.2) is 0 Å². The second-order valence-electron chi connectivity index (χ2n) is 2.41. The van der Waals surface area contributed by atoms with Gasteiger partial charge in [-0.05, 0) is 19.1 Å². The summed E-state index contributed by atoms with van der Waals surface area (Å²) < 4.78 is 5.37. The van der Waals surface area contributed by atoms with Crippen molar-refractivity contribution in [2.75, 3.05) is 24.7 Å². The number of nitrogen functional groups attached to an aromatic ring is 1. The zero-order valence-corrected chi connectivity index (χ0v) is 7.42. The Morgan fingerprint density at radius 3 is 2.83 bits per heavy atom. The summed E-state index contributed by atoms with van der Waals surface area (Å²) in [6.45, 7) is 2.56. The van der Waals surface area contributed by atoms with E-state index in [0.717, 1.165) is 11.4 Å². The van der Waals surface area contributed by atoms with E-state index in [2.05, 4.69) is 5.32 Å². The summed E-state index contributed by atoms with van der Waals surface area (Å²) in [7, 11) is 1.84. The number of nitrogens with two attached hydrogens (primary N) is 1. The highest BCUT2D eigenvalue weighted by Gasteiger charge is 2.03. The lowest BCUT2D eigenvalue weighted by atomic mass is 10.2. The van der Waals surface area contributed by atoms with Crippen LogP contribution < -0.4 is 15.8 Å². The second-order valence-corrected chi connectivity index (χ2v) is 2.41. The molecule has 0 radical (unpaired) electrons. The maximum atomic E-state index is 5.72. The van der Waals surface area contributed by atoms with Gasteiger partial charge in [0.25, 0.3) is 0 Å². The number of rotatable bonds is 3. The number of hydrogen-bond acceptors (Lipinski definition) is 3. The van der Waals surface area contributed by atoms with Gasteiger partial charge in [-0.2, -0.15) is 0 Å². The zero-order chi connectivity index (χ0) is 8.97. The minimum atomic E-state index is 0.628. The van der Waals surface area contributed by atoms with Gasteiger partial charge < -0.3 is 15.8 Å². The van der Waals surface area contributed by atoms with E-state index >= 15 is 0 Å². The molecule has 0 heterocycles. The summed E-state index contributed by atoms with van der Waals surface area (Å²) >= 11 is 0. The average molecular weight is 166 g/mol. The van der Waals surface area contributed by atoms with Gasteiger partial charge in [0.1, 0.15) is 0 Å². The molecule has 0 saturated carbocycles. The van der Waals surface area contributed by atoms with Crippen LogP contribution in [0.4, 0.5) is 11.4 Å². The maximum Gasteiger partial charge on any atom is 0.165 e. The molecule has 0 unspecified atom stereocenters. The molecule has 0 aliphatic rings. The Kier molecular flexibility index (Phi) is 2.80. The smallest absolute Gasteiger partial charge is 0.165 e. The number of para-hydroxylation sites is 1. The first kappa shape index (κ1) is 8.71. The minimum absolute atomic E-state index is 0.628. The molecular formula is C9H14N2O. The molecule has 0 aliphatic heterocycles. The van der Waals surface area contributed by atoms with Crippen molar-refractivity contribution in [3.05, 3.63) is 18.2 Å². The van der Waals surface area contributed by atoms with Crippen LogP contribution >= 0.6 is 0 Å². The van der Waals surface area contributed by atoms with Crippen molar-refractivity contribution in [1.29, 1.82) is 0 Å². The predicted molar refractivity (Wildman–Crippen MR) is 51.6 cm³/mol. The van der Waals surface area contributed by atoms with E-state index in [-0.39, 0.29) is 0 Å². The summed E-state index contributed by atoms with van der Waals surface area (Å²) in [5.41, 5.74) is 7.32. The third-order valence-electron chi connectivity index (χ3n) is 1.60. The number of nitrogens with one attached hydrogen (secondary N) is 1. The molecule has 1 aromatic carbocycles. The molecule has 0 atom stereocenters. The van der Waals surface area contributed by atoms with Crippen LogP contribution in [0, 0.1) is 0 Å². The number of hydrogen-bond donors (Lipinski definition) is 2. The fraction of sp³-hybridized carbons (Fsp3) is 0.333. The first-order chi connectivity index (χ1) is 5.79. The van der Waals surface area contributed by atoms with Crippen molar-refractivity contribution in [3.63, 3.8) is 0 Å². The van der Waals surface area contributed by atoms with Crippen molar-refractivity contribution >= 4 is 11.4 Å². The van der Waals surface area contributed by atoms with Crippen molar-refractivity contribution in [2.45, 2.75) is 6.92 Å². The summed E-state index contributed by atoms with van der Waals surface area (Å²) in [5.74, 6) is 0.738. The van der Waals surface area contributed by atoms with Crippen LogP contribution in [0.25, 0.3) is 0 Å². The molecule has 0 aliphatic carbocycles. The number of ether oxygens (including phenoxy) is 1. The quantitative estimate of drug-likeness (QED) is 0.672. The predicted octanol–water partition coefficient (Wildman–Crippen LogP) is 1.71. The molecule has 1 rings (SSSR count). The molecular weight excluding hydrogens is 152 g/mol. The molecule has 0 spiro atoms. The SMILES string of the molecule is CCOc1c(N)cccc1NC. The molecule has 0 saturated heterocycles. The standard InChI is InChI=1S/C9H14N2O/c1-3-12-9-7(10)5-4-6-8(9)11-2/h4-6,11H,3,10H2,1-2H3. The van der Waals surface area contributed by atoms with Crippen LogP contribution in [-0.2, 0) is 0 Å². The molecule has 66 valence electrons. The topological polar surface area (TPSA) is 47.3 Å². The fourth-order valence-electron chi connectivity index (χ4n) is 1.06. The normalized spacial score (nSPS) is 9.50. The van der Waals surface area contributed by atoms with Gasteiger partial charge in [0, 0.05) is 7.05 Å². The lowest BCUT2D eigenvalue weighted by molar-refractivity contribution is 0.343. The summed E-state index contributed by atoms with van der Waals surface area (Å²) in [6, 6.07) is 5.65. The Bertz CT molecular complexity index is 261. The van der Waals surface area contributed by atoms with Crippen LogP contribution in [-0.4, -0.2) is 13.7 Å². The van der Waals surface area contributed by atoms with Gasteiger partial charge in [0.15, 0.2) is 5.75 Å².